The molecule has 149 heavy (non-hydrogen) atoms. The van der Waals surface area contributed by atoms with Crippen LogP contribution in [0.1, 0.15) is 282 Å². The van der Waals surface area contributed by atoms with Gasteiger partial charge in [-0.2, -0.15) is 152 Å². The highest BCUT2D eigenvalue weighted by Crippen LogP contribution is 2.52. The highest BCUT2D eigenvalue weighted by Gasteiger charge is 2.63. The molecular formula is C91H117BF27NO22S7. The van der Waals surface area contributed by atoms with Crippen LogP contribution in [-0.2, 0) is 101 Å². The quantitative estimate of drug-likeness (QED) is 0.0266. The molecule has 852 valence electrons. The van der Waals surface area contributed by atoms with Gasteiger partial charge in [-0.1, -0.05) is 30.4 Å². The van der Waals surface area contributed by atoms with Gasteiger partial charge in [-0.05, 0) is 269 Å². The summed E-state index contributed by atoms with van der Waals surface area (Å²) in [7, 11) is -25.8. The normalized spacial score (nSPS) is 19.8. The topological polar surface area (TPSA) is 311 Å². The van der Waals surface area contributed by atoms with Crippen molar-refractivity contribution in [1.29, 1.82) is 0 Å². The number of para-hydroxylation sites is 1. The summed E-state index contributed by atoms with van der Waals surface area (Å²) >= 11 is 4.62. The number of esters is 2. The summed E-state index contributed by atoms with van der Waals surface area (Å²) in [4.78, 5) is 53.6. The molecular weight excluding hydrogens is 2210 g/mol. The lowest BCUT2D eigenvalue weighted by Gasteiger charge is -2.32. The van der Waals surface area contributed by atoms with Crippen molar-refractivity contribution in [3.8, 4) is 0 Å². The molecule has 0 radical (unpaired) electrons. The summed E-state index contributed by atoms with van der Waals surface area (Å²) in [5.41, 5.74) is -21.4. The minimum Gasteiger partial charge on any atom is -0.479 e. The van der Waals surface area contributed by atoms with E-state index in [4.69, 9.17) is 33.0 Å². The molecule has 1 aliphatic heterocycles. The summed E-state index contributed by atoms with van der Waals surface area (Å²) in [6, 6.07) is 3.85. The number of aryl methyl sites for hydroxylation is 6. The fourth-order valence-electron chi connectivity index (χ4n) is 15.2. The predicted octanol–water partition coefficient (Wildman–Crippen LogP) is 27.4. The standard InChI is InChI=1S/C21H29F3O3S.C20H33BO5S.C19H25F3O3S.C8H5F6NO4S2.2C8H8F6O3S.C7H9F3O/c1-7-26-19(25)18(27-20(4,5)6)17-13(3)28-12(2)16(17)14-8-10-15(11-9-14)21(22,23)24;1-11-23-17(22)16(24-18(4,5)6)14-12(2)27-13(3)15(14)21-25-19(7,8)20(9,10)26-21;1-10-14(12-6-8-13(9-7-12)19(20,21)22)15(11(2)26-10)16(17(23)24)25-18(3,4)5;9-7(10,11)20(16,17)15(6-4-2-1-3-5-6)21(18,19)8(12,13)14;2*9-7(10,11)5-1-3-6(4-2-5)17-18(15,16)8(12,13)14;8-7(9,10)5-1-3-6(11)4-2-5/h8,15,18H,7,9-11H2,1-6H3;16H,11H2,1-10H3;6,13,16H,7-9H2,1-5H3,(H,23,24);1-5H;2*3,5H,1-2,4H2;5H,1-4H2. The second kappa shape index (κ2) is 50.6. The average Bonchev–Trinajstić information content (AvgIpc) is 1.07. The van der Waals surface area contributed by atoms with Crippen LogP contribution in [0.2, 0.25) is 0 Å². The van der Waals surface area contributed by atoms with Crippen molar-refractivity contribution >= 4 is 127 Å². The Balaban J connectivity index is 0.000000367. The highest BCUT2D eigenvalue weighted by atomic mass is 32.3. The lowest BCUT2D eigenvalue weighted by Crippen LogP contribution is -2.49. The highest BCUT2D eigenvalue weighted by molar-refractivity contribution is 8.11. The minimum absolute atomic E-state index is 0.0116. The van der Waals surface area contributed by atoms with Crippen molar-refractivity contribution in [2.75, 3.05) is 16.9 Å². The molecule has 23 nitrogen and oxygen atoms in total. The number of carbonyl (C=O) groups is 4. The first-order valence-corrected chi connectivity index (χ1v) is 53.5. The molecule has 7 unspecified atom stereocenters. The first kappa shape index (κ1) is 134. The van der Waals surface area contributed by atoms with Crippen LogP contribution in [0.25, 0.3) is 11.1 Å². The number of halogens is 27. The molecule has 1 aromatic carbocycles. The van der Waals surface area contributed by atoms with E-state index < -0.39 is 248 Å². The second-order valence-corrected chi connectivity index (χ2v) is 49.6. The van der Waals surface area contributed by atoms with Crippen LogP contribution in [0.5, 0.6) is 0 Å². The van der Waals surface area contributed by atoms with Gasteiger partial charge in [0, 0.05) is 77.1 Å². The van der Waals surface area contributed by atoms with Crippen LogP contribution >= 0.6 is 34.0 Å². The molecule has 0 bridgehead atoms. The Kier molecular flexibility index (Phi) is 45.4. The number of Topliss-reactive ketones (excluding diaryl/α,β-unsaturated/α-hetero) is 1. The van der Waals surface area contributed by atoms with E-state index >= 15 is 0 Å². The molecule has 3 aromatic heterocycles. The van der Waals surface area contributed by atoms with Crippen LogP contribution in [-0.4, -0.2) is 164 Å². The molecule has 4 heterocycles. The van der Waals surface area contributed by atoms with Crippen molar-refractivity contribution in [1.82, 2.24) is 0 Å². The number of hydrogen-bond acceptors (Lipinski definition) is 24. The average molecular weight is 2330 g/mol. The number of carbonyl (C=O) groups excluding carboxylic acids is 3. The van der Waals surface area contributed by atoms with E-state index in [2.05, 4.69) is 8.37 Å². The van der Waals surface area contributed by atoms with Crippen molar-refractivity contribution in [3.05, 3.63) is 123 Å². The summed E-state index contributed by atoms with van der Waals surface area (Å²) in [5.74, 6) is -10.4. The van der Waals surface area contributed by atoms with E-state index in [9.17, 15) is 176 Å². The van der Waals surface area contributed by atoms with Gasteiger partial charge < -0.3 is 46.5 Å². The maximum absolute atomic E-state index is 13.0. The van der Waals surface area contributed by atoms with Crippen LogP contribution in [0.3, 0.4) is 0 Å². The van der Waals surface area contributed by atoms with E-state index in [1.54, 1.807) is 58.1 Å². The predicted molar refractivity (Wildman–Crippen MR) is 498 cm³/mol. The number of allylic oxidation sites excluding steroid dienone is 8. The Labute approximate surface area is 857 Å². The molecule has 58 heteroatoms. The van der Waals surface area contributed by atoms with Gasteiger partial charge >= 0.3 is 118 Å². The summed E-state index contributed by atoms with van der Waals surface area (Å²) in [6.07, 6.45) is -21.9. The van der Waals surface area contributed by atoms with Crippen molar-refractivity contribution < 1.29 is 218 Å². The monoisotopic (exact) mass is 2320 g/mol. The summed E-state index contributed by atoms with van der Waals surface area (Å²) in [5, 5.41) is 9.71. The lowest BCUT2D eigenvalue weighted by molar-refractivity contribution is -0.182. The molecule has 6 aliphatic rings. The van der Waals surface area contributed by atoms with Gasteiger partial charge in [0.05, 0.1) is 76.5 Å². The summed E-state index contributed by atoms with van der Waals surface area (Å²) in [6.45, 7) is 40.5. The molecule has 1 saturated carbocycles. The van der Waals surface area contributed by atoms with Crippen molar-refractivity contribution in [2.45, 2.75) is 347 Å². The van der Waals surface area contributed by atoms with Crippen LogP contribution in [0.4, 0.5) is 124 Å². The molecule has 2 fully saturated rings. The Morgan fingerprint density at radius 3 is 0.953 bits per heavy atom. The first-order valence-electron chi connectivity index (χ1n) is 45.3. The zero-order valence-corrected chi connectivity index (χ0v) is 89.9. The number of carboxylic acid groups (broad SMARTS) is 1. The zero-order valence-electron chi connectivity index (χ0n) is 84.2. The number of ether oxygens (including phenoxy) is 5. The Morgan fingerprint density at radius 1 is 0.403 bits per heavy atom. The van der Waals surface area contributed by atoms with Gasteiger partial charge in [-0.3, -0.25) is 4.79 Å². The third-order valence-electron chi connectivity index (χ3n) is 22.9. The van der Waals surface area contributed by atoms with Crippen molar-refractivity contribution in [2.24, 2.45) is 29.6 Å². The Bertz CT molecular complexity index is 5670. The molecule has 10 rings (SSSR count). The number of thiophene rings is 3. The lowest BCUT2D eigenvalue weighted by atomic mass is 9.74. The number of benzene rings is 1. The first-order chi connectivity index (χ1) is 66.9. The zero-order chi connectivity index (χ0) is 115. The van der Waals surface area contributed by atoms with E-state index in [0.717, 1.165) is 98.5 Å². The molecule has 4 aromatic rings. The largest absolute Gasteiger partial charge is 0.534 e. The van der Waals surface area contributed by atoms with Crippen molar-refractivity contribution in [3.63, 3.8) is 0 Å². The number of aliphatic carboxylic acids is 1. The molecule has 7 atom stereocenters. The maximum Gasteiger partial charge on any atom is 0.534 e. The SMILES string of the molecule is CCOC(=O)C(OC(C)(C)C)c1c(C)sc(C)c1B1OC(C)(C)C(C)(C)O1.CCOC(=O)C(OC(C)(C)C)c1c(C)sc(C)c1C1=CCC(C(F)(F)F)CC1.Cc1sc(C)c(C(OC(C)(C)C)C(=O)O)c1C1=CCC(C(F)(F)F)CC1.O=C1CCC(C(F)(F)F)CC1.O=S(=O)(N(c1ccccc1)S(=O)(=O)C(F)(F)F)C(F)(F)F.O=S(=O)(OC1=CCC(C(F)(F)F)CC1)C(F)(F)F.O=S(=O)(OC1=CCC(C(F)(F)F)CC1)C(F)(F)F. The number of anilines is 1. The van der Waals surface area contributed by atoms with Gasteiger partial charge in [0.15, 0.2) is 18.3 Å². The fraction of sp³-hybridized carbons (Fsp3) is 0.670. The number of ketones is 1. The van der Waals surface area contributed by atoms with Crippen LogP contribution in [0, 0.1) is 71.1 Å². The van der Waals surface area contributed by atoms with Gasteiger partial charge in [-0.15, -0.1) is 37.7 Å². The number of rotatable bonds is 21. The van der Waals surface area contributed by atoms with Gasteiger partial charge in [-0.25, -0.2) is 14.4 Å². The van der Waals surface area contributed by atoms with Crippen LogP contribution < -0.4 is 9.17 Å². The fourth-order valence-corrected chi connectivity index (χ4v) is 22.3. The molecule has 0 spiro atoms. The molecule has 1 saturated heterocycles. The number of carboxylic acids is 1. The van der Waals surface area contributed by atoms with E-state index in [1.165, 1.54) is 22.7 Å². The van der Waals surface area contributed by atoms with Gasteiger partial charge in [0.2, 0.25) is 0 Å². The third kappa shape index (κ3) is 38.0. The summed E-state index contributed by atoms with van der Waals surface area (Å²) < 4.78 is 467. The maximum atomic E-state index is 13.0. The van der Waals surface area contributed by atoms with E-state index in [0.29, 0.717) is 30.7 Å². The van der Waals surface area contributed by atoms with Gasteiger partial charge in [0.1, 0.15) is 17.3 Å². The van der Waals surface area contributed by atoms with E-state index in [-0.39, 0.29) is 76.1 Å². The number of sulfonamides is 2. The van der Waals surface area contributed by atoms with Crippen LogP contribution in [0.15, 0.2) is 66.2 Å². The van der Waals surface area contributed by atoms with Gasteiger partial charge in [0.25, 0.3) is 0 Å². The molecule has 1 N–H and O–H groups in total. The Hall–Kier alpha value is -7.47. The number of alkyl halides is 27. The smallest absolute Gasteiger partial charge is 0.479 e. The third-order valence-corrected chi connectivity index (χ3v) is 31.7. The molecule has 5 aliphatic carbocycles. The number of hydrogen-bond donors (Lipinski definition) is 1. The number of nitrogens with zero attached hydrogens (tertiary/aromatic N) is 1. The Morgan fingerprint density at radius 2 is 0.685 bits per heavy atom. The minimum atomic E-state index is -6.81. The second-order valence-electron chi connectivity index (χ2n) is 38.4. The molecule has 0 amide bonds. The van der Waals surface area contributed by atoms with E-state index in [1.807, 2.05) is 111 Å².